The summed E-state index contributed by atoms with van der Waals surface area (Å²) < 4.78 is 1.33. The first-order valence-electron chi connectivity index (χ1n) is 7.16. The number of nitrogens with one attached hydrogen (secondary N) is 1. The van der Waals surface area contributed by atoms with Gasteiger partial charge in [-0.15, -0.1) is 10.2 Å². The fourth-order valence-electron chi connectivity index (χ4n) is 2.20. The Bertz CT molecular complexity index is 914. The number of aromatic nitrogens is 3. The third-order valence-electron chi connectivity index (χ3n) is 3.43. The average molecular weight is 345 g/mol. The molecule has 0 unspecified atom stereocenters. The molecular formula is C15H15N5O3S. The van der Waals surface area contributed by atoms with Gasteiger partial charge >= 0.3 is 0 Å². The largest absolute Gasteiger partial charge is 0.295 e. The topological polar surface area (TPSA) is 103 Å². The Labute approximate surface area is 141 Å². The van der Waals surface area contributed by atoms with Crippen LogP contribution in [0.3, 0.4) is 0 Å². The van der Waals surface area contributed by atoms with Gasteiger partial charge in [0, 0.05) is 28.5 Å². The van der Waals surface area contributed by atoms with Crippen LogP contribution in [0.2, 0.25) is 0 Å². The Balaban J connectivity index is 2.02. The summed E-state index contributed by atoms with van der Waals surface area (Å²) >= 11 is 1.23. The first kappa shape index (κ1) is 16.2. The van der Waals surface area contributed by atoms with Crippen molar-refractivity contribution in [2.24, 2.45) is 0 Å². The van der Waals surface area contributed by atoms with Crippen LogP contribution in [0.1, 0.15) is 32.0 Å². The van der Waals surface area contributed by atoms with Crippen LogP contribution >= 0.6 is 11.8 Å². The number of nitrogens with zero attached hydrogens (tertiary/aromatic N) is 4. The quantitative estimate of drug-likeness (QED) is 0.659. The van der Waals surface area contributed by atoms with E-state index in [2.05, 4.69) is 15.6 Å². The number of nitro groups is 1. The SMILES string of the molecule is CC(C)(C)c1nnc2n(c1=O)NC(c1cccc([N+](=O)[O-])c1)=CS2. The highest BCUT2D eigenvalue weighted by Gasteiger charge is 2.25. The highest BCUT2D eigenvalue weighted by atomic mass is 32.2. The molecule has 1 aliphatic rings. The molecule has 8 nitrogen and oxygen atoms in total. The monoisotopic (exact) mass is 345 g/mol. The zero-order valence-electron chi connectivity index (χ0n) is 13.3. The van der Waals surface area contributed by atoms with E-state index < -0.39 is 10.3 Å². The van der Waals surface area contributed by atoms with Gasteiger partial charge in [-0.25, -0.2) is 0 Å². The second-order valence-corrected chi connectivity index (χ2v) is 7.13. The summed E-state index contributed by atoms with van der Waals surface area (Å²) in [5, 5.41) is 21.2. The summed E-state index contributed by atoms with van der Waals surface area (Å²) in [4.78, 5) is 23.1. The number of nitro benzene ring substituents is 1. The highest BCUT2D eigenvalue weighted by Crippen LogP contribution is 2.28. The molecule has 0 aliphatic carbocycles. The molecule has 2 heterocycles. The van der Waals surface area contributed by atoms with Crippen molar-refractivity contribution in [3.63, 3.8) is 0 Å². The number of benzene rings is 1. The van der Waals surface area contributed by atoms with Gasteiger partial charge in [0.25, 0.3) is 11.2 Å². The van der Waals surface area contributed by atoms with Crippen molar-refractivity contribution < 1.29 is 4.92 Å². The van der Waals surface area contributed by atoms with E-state index in [4.69, 9.17) is 0 Å². The first-order valence-corrected chi connectivity index (χ1v) is 8.04. The minimum absolute atomic E-state index is 0.0124. The van der Waals surface area contributed by atoms with Gasteiger partial charge < -0.3 is 0 Å². The van der Waals surface area contributed by atoms with Crippen molar-refractivity contribution in [3.8, 4) is 0 Å². The molecule has 0 saturated carbocycles. The summed E-state index contributed by atoms with van der Waals surface area (Å²) in [5.74, 6) is 0. The predicted octanol–water partition coefficient (Wildman–Crippen LogP) is 2.49. The summed E-state index contributed by atoms with van der Waals surface area (Å²) in [6, 6.07) is 6.21. The number of rotatable bonds is 2. The van der Waals surface area contributed by atoms with E-state index in [1.807, 2.05) is 20.8 Å². The molecule has 0 bridgehead atoms. The van der Waals surface area contributed by atoms with Gasteiger partial charge in [0.05, 0.1) is 10.6 Å². The summed E-state index contributed by atoms with van der Waals surface area (Å²) in [6.45, 7) is 5.66. The minimum Gasteiger partial charge on any atom is -0.288 e. The Morgan fingerprint density at radius 1 is 1.29 bits per heavy atom. The van der Waals surface area contributed by atoms with E-state index in [1.54, 1.807) is 17.5 Å². The molecule has 1 aromatic carbocycles. The molecule has 0 spiro atoms. The van der Waals surface area contributed by atoms with Crippen LogP contribution in [-0.2, 0) is 5.41 Å². The molecule has 1 aliphatic heterocycles. The second kappa shape index (κ2) is 5.75. The van der Waals surface area contributed by atoms with Gasteiger partial charge in [-0.05, 0) is 0 Å². The van der Waals surface area contributed by atoms with Crippen LogP contribution in [0.5, 0.6) is 0 Å². The smallest absolute Gasteiger partial charge is 0.288 e. The zero-order chi connectivity index (χ0) is 17.5. The van der Waals surface area contributed by atoms with E-state index in [9.17, 15) is 14.9 Å². The van der Waals surface area contributed by atoms with Crippen molar-refractivity contribution in [2.45, 2.75) is 31.3 Å². The maximum absolute atomic E-state index is 12.7. The molecule has 0 radical (unpaired) electrons. The minimum atomic E-state index is -0.455. The zero-order valence-corrected chi connectivity index (χ0v) is 14.1. The lowest BCUT2D eigenvalue weighted by Gasteiger charge is -2.23. The fraction of sp³-hybridized carbons (Fsp3) is 0.267. The molecule has 1 aromatic heterocycles. The summed E-state index contributed by atoms with van der Waals surface area (Å²) in [5.41, 5.74) is 3.80. The van der Waals surface area contributed by atoms with Crippen molar-refractivity contribution in [3.05, 3.63) is 61.4 Å². The number of hydrogen-bond donors (Lipinski definition) is 1. The van der Waals surface area contributed by atoms with Gasteiger partial charge in [0.1, 0.15) is 5.69 Å². The normalized spacial score (nSPS) is 13.7. The molecule has 0 fully saturated rings. The molecular weight excluding hydrogens is 330 g/mol. The van der Waals surface area contributed by atoms with E-state index in [0.717, 1.165) is 0 Å². The van der Waals surface area contributed by atoms with Crippen molar-refractivity contribution in [1.29, 1.82) is 0 Å². The Morgan fingerprint density at radius 3 is 2.71 bits per heavy atom. The van der Waals surface area contributed by atoms with Crippen molar-refractivity contribution >= 4 is 23.1 Å². The van der Waals surface area contributed by atoms with Gasteiger partial charge in [-0.2, -0.15) is 4.68 Å². The fourth-order valence-corrected chi connectivity index (χ4v) is 2.93. The maximum Gasteiger partial charge on any atom is 0.295 e. The van der Waals surface area contributed by atoms with Gasteiger partial charge in [-0.1, -0.05) is 44.7 Å². The molecule has 2 aromatic rings. The molecule has 0 saturated heterocycles. The number of thioether (sulfide) groups is 1. The molecule has 1 N–H and O–H groups in total. The molecule has 0 atom stereocenters. The van der Waals surface area contributed by atoms with Gasteiger partial charge in [-0.3, -0.25) is 20.3 Å². The predicted molar refractivity (Wildman–Crippen MR) is 91.3 cm³/mol. The van der Waals surface area contributed by atoms with E-state index in [0.29, 0.717) is 22.1 Å². The van der Waals surface area contributed by atoms with E-state index >= 15 is 0 Å². The summed E-state index contributed by atoms with van der Waals surface area (Å²) in [7, 11) is 0. The number of hydrogen-bond acceptors (Lipinski definition) is 7. The second-order valence-electron chi connectivity index (χ2n) is 6.29. The van der Waals surface area contributed by atoms with Crippen LogP contribution in [0, 0.1) is 10.1 Å². The van der Waals surface area contributed by atoms with Crippen LogP contribution in [0.4, 0.5) is 5.69 Å². The van der Waals surface area contributed by atoms with Crippen molar-refractivity contribution in [1.82, 2.24) is 14.9 Å². The van der Waals surface area contributed by atoms with Crippen molar-refractivity contribution in [2.75, 3.05) is 5.43 Å². The molecule has 0 amide bonds. The van der Waals surface area contributed by atoms with Gasteiger partial charge in [0.2, 0.25) is 5.16 Å². The summed E-state index contributed by atoms with van der Waals surface area (Å²) in [6.07, 6.45) is 0. The number of fused-ring (bicyclic) bond motifs is 1. The number of non-ortho nitro benzene ring substituents is 1. The third kappa shape index (κ3) is 2.90. The van der Waals surface area contributed by atoms with Crippen LogP contribution in [0.25, 0.3) is 5.70 Å². The molecule has 24 heavy (non-hydrogen) atoms. The molecule has 124 valence electrons. The molecule has 3 rings (SSSR count). The Morgan fingerprint density at radius 2 is 2.04 bits per heavy atom. The first-order chi connectivity index (χ1) is 11.3. The Kier molecular flexibility index (Phi) is 3.88. The standard InChI is InChI=1S/C15H15N5O3S/c1-15(2,3)12-13(21)19-14(17-16-12)24-8-11(18-19)9-5-4-6-10(7-9)20(22)23/h4-8,18H,1-3H3. The van der Waals surface area contributed by atoms with E-state index in [1.165, 1.54) is 28.6 Å². The average Bonchev–Trinajstić information content (AvgIpc) is 2.54. The highest BCUT2D eigenvalue weighted by molar-refractivity contribution is 8.02. The molecule has 9 heteroatoms. The van der Waals surface area contributed by atoms with E-state index in [-0.39, 0.29) is 11.2 Å². The lowest BCUT2D eigenvalue weighted by molar-refractivity contribution is -0.384. The lowest BCUT2D eigenvalue weighted by Crippen LogP contribution is -2.38. The lowest BCUT2D eigenvalue weighted by atomic mass is 9.93. The third-order valence-corrected chi connectivity index (χ3v) is 4.25. The Hall–Kier alpha value is -2.68. The van der Waals surface area contributed by atoms with Crippen LogP contribution in [-0.4, -0.2) is 19.8 Å². The maximum atomic E-state index is 12.7. The van der Waals surface area contributed by atoms with Crippen LogP contribution in [0.15, 0.2) is 39.6 Å². The van der Waals surface area contributed by atoms with Gasteiger partial charge in [0.15, 0.2) is 0 Å². The van der Waals surface area contributed by atoms with Crippen LogP contribution < -0.4 is 11.0 Å².